The van der Waals surface area contributed by atoms with E-state index in [-0.39, 0.29) is 9.41 Å². The highest BCUT2D eigenvalue weighted by molar-refractivity contribution is 5.83. The van der Waals surface area contributed by atoms with Crippen molar-refractivity contribution in [2.45, 2.75) is 103 Å². The molecule has 140 valence electrons. The van der Waals surface area contributed by atoms with E-state index in [1.54, 1.807) is 0 Å². The van der Waals surface area contributed by atoms with Crippen molar-refractivity contribution in [3.63, 3.8) is 0 Å². The molecule has 0 aromatic carbocycles. The molecule has 0 aromatic rings. The lowest BCUT2D eigenvalue weighted by Crippen LogP contribution is -2.17. The van der Waals surface area contributed by atoms with Crippen molar-refractivity contribution in [2.24, 2.45) is 4.99 Å². The smallest absolute Gasteiger partial charge is 0.0964 e. The number of aliphatic imine (C=N–C) groups is 1. The number of nitrogens with zero attached hydrogens (tertiary/aromatic N) is 1. The maximum Gasteiger partial charge on any atom is 0.0964 e. The number of nitrogens with one attached hydrogen (secondary N) is 1. The summed E-state index contributed by atoms with van der Waals surface area (Å²) in [6.45, 7) is 4.35. The van der Waals surface area contributed by atoms with Crippen molar-refractivity contribution in [3.05, 3.63) is 0 Å². The van der Waals surface area contributed by atoms with Gasteiger partial charge in [0.05, 0.1) is 12.4 Å². The third-order valence-corrected chi connectivity index (χ3v) is 4.51. The van der Waals surface area contributed by atoms with E-state index in [4.69, 9.17) is 0 Å². The highest BCUT2D eigenvalue weighted by Gasteiger charge is 2.03. The number of hydrogen-bond donors (Lipinski definition) is 1. The fourth-order valence-electron chi connectivity index (χ4n) is 3.10. The van der Waals surface area contributed by atoms with Crippen molar-refractivity contribution in [1.82, 2.24) is 5.32 Å². The maximum absolute atomic E-state index is 4.44. The van der Waals surface area contributed by atoms with Crippen molar-refractivity contribution >= 4 is 5.84 Å². The SMILES string of the molecule is CCCCCCCCCCCCCCCCC1=NCCN1.F.F. The Morgan fingerprint density at radius 1 is 0.696 bits per heavy atom. The van der Waals surface area contributed by atoms with Crippen LogP contribution in [0, 0.1) is 0 Å². The summed E-state index contributed by atoms with van der Waals surface area (Å²) in [5.74, 6) is 1.26. The van der Waals surface area contributed by atoms with Crippen LogP contribution >= 0.6 is 0 Å². The first kappa shape index (κ1) is 24.6. The molecule has 0 spiro atoms. The average Bonchev–Trinajstić information content (AvgIpc) is 3.01. The third-order valence-electron chi connectivity index (χ3n) is 4.51. The standard InChI is InChI=1S/C19H38N2.2FH/c1-2-3-4-5-6-7-8-9-10-11-12-13-14-15-16-19-20-17-18-21-19;;/h2-18H2,1H3,(H,20,21);2*1H. The molecule has 1 rings (SSSR count). The zero-order valence-electron chi connectivity index (χ0n) is 15.3. The largest absolute Gasteiger partial charge is 0.372 e. The van der Waals surface area contributed by atoms with Gasteiger partial charge in [-0.15, -0.1) is 0 Å². The molecule has 0 fully saturated rings. The Morgan fingerprint density at radius 3 is 1.52 bits per heavy atom. The molecule has 1 aliphatic heterocycles. The Bertz CT molecular complexity index is 258. The minimum Gasteiger partial charge on any atom is -0.372 e. The fraction of sp³-hybridized carbons (Fsp3) is 0.947. The van der Waals surface area contributed by atoms with Crippen molar-refractivity contribution in [2.75, 3.05) is 13.1 Å². The Hall–Kier alpha value is -0.670. The van der Waals surface area contributed by atoms with E-state index in [1.165, 1.54) is 102 Å². The zero-order chi connectivity index (χ0) is 15.0. The first-order valence-electron chi connectivity index (χ1n) is 9.70. The van der Waals surface area contributed by atoms with Crippen molar-refractivity contribution in [1.29, 1.82) is 0 Å². The predicted molar refractivity (Wildman–Crippen MR) is 100 cm³/mol. The van der Waals surface area contributed by atoms with Gasteiger partial charge in [-0.25, -0.2) is 0 Å². The molecule has 23 heavy (non-hydrogen) atoms. The van der Waals surface area contributed by atoms with Crippen LogP contribution in [0.2, 0.25) is 0 Å². The number of hydrogen-bond acceptors (Lipinski definition) is 2. The summed E-state index contributed by atoms with van der Waals surface area (Å²) < 4.78 is 0. The summed E-state index contributed by atoms with van der Waals surface area (Å²) in [4.78, 5) is 4.44. The predicted octanol–water partition coefficient (Wildman–Crippen LogP) is 6.16. The van der Waals surface area contributed by atoms with Gasteiger partial charge >= 0.3 is 0 Å². The lowest BCUT2D eigenvalue weighted by Gasteiger charge is -2.04. The van der Waals surface area contributed by atoms with E-state index < -0.39 is 0 Å². The first-order valence-corrected chi connectivity index (χ1v) is 9.70. The van der Waals surface area contributed by atoms with Gasteiger partial charge in [0.1, 0.15) is 0 Å². The molecule has 0 amide bonds. The van der Waals surface area contributed by atoms with E-state index in [9.17, 15) is 0 Å². The number of amidine groups is 1. The van der Waals surface area contributed by atoms with E-state index in [2.05, 4.69) is 17.2 Å². The summed E-state index contributed by atoms with van der Waals surface area (Å²) in [6, 6.07) is 0. The second-order valence-electron chi connectivity index (χ2n) is 6.60. The van der Waals surface area contributed by atoms with Crippen LogP contribution in [0.5, 0.6) is 0 Å². The molecular weight excluding hydrogens is 294 g/mol. The van der Waals surface area contributed by atoms with Gasteiger partial charge in [0.2, 0.25) is 0 Å². The van der Waals surface area contributed by atoms with Gasteiger partial charge in [-0.2, -0.15) is 0 Å². The molecule has 1 heterocycles. The minimum absolute atomic E-state index is 0. The zero-order valence-corrected chi connectivity index (χ0v) is 15.3. The summed E-state index contributed by atoms with van der Waals surface area (Å²) in [7, 11) is 0. The minimum atomic E-state index is 0. The van der Waals surface area contributed by atoms with Gasteiger partial charge in [-0.05, 0) is 6.42 Å². The Morgan fingerprint density at radius 2 is 1.13 bits per heavy atom. The number of rotatable bonds is 15. The van der Waals surface area contributed by atoms with E-state index in [0.717, 1.165) is 13.1 Å². The number of halogens is 2. The quantitative estimate of drug-likeness (QED) is 0.356. The van der Waals surface area contributed by atoms with Crippen LogP contribution in [0.15, 0.2) is 4.99 Å². The first-order chi connectivity index (χ1) is 10.4. The molecule has 1 aliphatic rings. The molecule has 2 nitrogen and oxygen atoms in total. The van der Waals surface area contributed by atoms with Crippen molar-refractivity contribution < 1.29 is 9.41 Å². The van der Waals surface area contributed by atoms with E-state index in [0.29, 0.717) is 0 Å². The monoisotopic (exact) mass is 334 g/mol. The maximum atomic E-state index is 4.44. The van der Waals surface area contributed by atoms with Crippen LogP contribution in [0.4, 0.5) is 9.41 Å². The molecule has 0 saturated carbocycles. The lowest BCUT2D eigenvalue weighted by atomic mass is 10.0. The van der Waals surface area contributed by atoms with Crippen LogP contribution in [0.3, 0.4) is 0 Å². The van der Waals surface area contributed by atoms with E-state index in [1.807, 2.05) is 0 Å². The molecule has 0 radical (unpaired) electrons. The molecule has 0 aromatic heterocycles. The normalized spacial score (nSPS) is 13.0. The summed E-state index contributed by atoms with van der Waals surface area (Å²) >= 11 is 0. The molecule has 0 saturated heterocycles. The second kappa shape index (κ2) is 19.4. The molecule has 0 atom stereocenters. The van der Waals surface area contributed by atoms with Crippen LogP contribution in [0.25, 0.3) is 0 Å². The molecule has 0 aliphatic carbocycles. The topological polar surface area (TPSA) is 24.4 Å². The van der Waals surface area contributed by atoms with E-state index >= 15 is 0 Å². The Balaban J connectivity index is 0. The van der Waals surface area contributed by atoms with Crippen LogP contribution < -0.4 is 5.32 Å². The highest BCUT2D eigenvalue weighted by atomic mass is 19.0. The lowest BCUT2D eigenvalue weighted by molar-refractivity contribution is 0.536. The third kappa shape index (κ3) is 16.0. The Labute approximate surface area is 142 Å². The highest BCUT2D eigenvalue weighted by Crippen LogP contribution is 2.13. The molecule has 1 N–H and O–H groups in total. The van der Waals surface area contributed by atoms with Gasteiger partial charge in [0.25, 0.3) is 0 Å². The van der Waals surface area contributed by atoms with Crippen LogP contribution in [0.1, 0.15) is 103 Å². The van der Waals surface area contributed by atoms with Crippen molar-refractivity contribution in [3.8, 4) is 0 Å². The number of unbranched alkanes of at least 4 members (excludes halogenated alkanes) is 13. The van der Waals surface area contributed by atoms with Gasteiger partial charge in [0.15, 0.2) is 0 Å². The summed E-state index contributed by atoms with van der Waals surface area (Å²) in [6.07, 6.45) is 21.3. The average molecular weight is 335 g/mol. The van der Waals surface area contributed by atoms with Gasteiger partial charge in [-0.3, -0.25) is 14.4 Å². The molecule has 0 unspecified atom stereocenters. The molecule has 4 heteroatoms. The molecular formula is C19H40F2N2. The second-order valence-corrected chi connectivity index (χ2v) is 6.60. The van der Waals surface area contributed by atoms with Gasteiger partial charge < -0.3 is 5.32 Å². The van der Waals surface area contributed by atoms with Gasteiger partial charge in [-0.1, -0.05) is 90.4 Å². The molecule has 0 bridgehead atoms. The van der Waals surface area contributed by atoms with Gasteiger partial charge in [0, 0.05) is 13.0 Å². The van der Waals surface area contributed by atoms with Crippen LogP contribution in [-0.4, -0.2) is 18.9 Å². The summed E-state index contributed by atoms with van der Waals surface area (Å²) in [5, 5.41) is 3.35. The fourth-order valence-corrected chi connectivity index (χ4v) is 3.10. The van der Waals surface area contributed by atoms with Crippen LogP contribution in [-0.2, 0) is 0 Å². The Kier molecular flexibility index (Phi) is 20.7. The summed E-state index contributed by atoms with van der Waals surface area (Å²) in [5.41, 5.74) is 0.